The van der Waals surface area contributed by atoms with Gasteiger partial charge in [0.15, 0.2) is 11.5 Å². The Kier molecular flexibility index (Phi) is 2.70. The molecule has 1 aromatic carbocycles. The molecular formula is C12H13NO6S. The molecule has 0 aromatic heterocycles. The summed E-state index contributed by atoms with van der Waals surface area (Å²) in [5.41, 5.74) is -1.38. The Hall–Kier alpha value is -1.80. The maximum Gasteiger partial charge on any atom is 0.324 e. The zero-order valence-electron chi connectivity index (χ0n) is 10.7. The second-order valence-corrected chi connectivity index (χ2v) is 6.78. The van der Waals surface area contributed by atoms with Crippen molar-refractivity contribution in [1.29, 1.82) is 0 Å². The van der Waals surface area contributed by atoms with Crippen LogP contribution in [0.5, 0.6) is 11.5 Å². The van der Waals surface area contributed by atoms with Crippen LogP contribution in [0, 0.1) is 0 Å². The van der Waals surface area contributed by atoms with Gasteiger partial charge in [0.05, 0.1) is 4.90 Å². The third-order valence-electron chi connectivity index (χ3n) is 3.74. The molecule has 108 valence electrons. The molecule has 0 saturated carbocycles. The van der Waals surface area contributed by atoms with Gasteiger partial charge in [-0.25, -0.2) is 8.42 Å². The first-order valence-electron chi connectivity index (χ1n) is 6.01. The lowest BCUT2D eigenvalue weighted by atomic mass is 9.90. The topological polar surface area (TPSA) is 93.1 Å². The number of hydrogen-bond donors (Lipinski definition) is 1. The van der Waals surface area contributed by atoms with E-state index in [0.717, 1.165) is 4.31 Å². The van der Waals surface area contributed by atoms with E-state index in [1.54, 1.807) is 0 Å². The van der Waals surface area contributed by atoms with Gasteiger partial charge in [-0.1, -0.05) is 0 Å². The summed E-state index contributed by atoms with van der Waals surface area (Å²) >= 11 is 0. The fourth-order valence-electron chi connectivity index (χ4n) is 2.30. The highest BCUT2D eigenvalue weighted by molar-refractivity contribution is 7.89. The molecule has 1 N–H and O–H groups in total. The lowest BCUT2D eigenvalue weighted by molar-refractivity contribution is -0.153. The second-order valence-electron chi connectivity index (χ2n) is 4.92. The third-order valence-corrected chi connectivity index (χ3v) is 5.76. The molecule has 0 aliphatic carbocycles. The van der Waals surface area contributed by atoms with Crippen molar-refractivity contribution < 1.29 is 27.8 Å². The first kappa shape index (κ1) is 13.2. The molecule has 1 unspecified atom stereocenters. The van der Waals surface area contributed by atoms with E-state index >= 15 is 0 Å². The van der Waals surface area contributed by atoms with E-state index < -0.39 is 21.5 Å². The summed E-state index contributed by atoms with van der Waals surface area (Å²) in [7, 11) is -3.86. The van der Waals surface area contributed by atoms with Crippen LogP contribution in [-0.2, 0) is 14.8 Å². The van der Waals surface area contributed by atoms with Crippen LogP contribution in [0.3, 0.4) is 0 Å². The number of nitrogens with zero attached hydrogens (tertiary/aromatic N) is 1. The van der Waals surface area contributed by atoms with Gasteiger partial charge < -0.3 is 14.6 Å². The van der Waals surface area contributed by atoms with Crippen LogP contribution in [0.2, 0.25) is 0 Å². The number of carboxylic acid groups (broad SMARTS) is 1. The first-order chi connectivity index (χ1) is 9.35. The van der Waals surface area contributed by atoms with E-state index in [-0.39, 0.29) is 18.2 Å². The third kappa shape index (κ3) is 1.68. The number of hydrogen-bond acceptors (Lipinski definition) is 5. The average Bonchev–Trinajstić information content (AvgIpc) is 2.82. The van der Waals surface area contributed by atoms with Gasteiger partial charge >= 0.3 is 5.97 Å². The molecule has 7 nitrogen and oxygen atoms in total. The Morgan fingerprint density at radius 1 is 1.35 bits per heavy atom. The molecule has 2 heterocycles. The Bertz CT molecular complexity index is 685. The van der Waals surface area contributed by atoms with Crippen LogP contribution in [0.4, 0.5) is 0 Å². The average molecular weight is 299 g/mol. The van der Waals surface area contributed by atoms with E-state index in [2.05, 4.69) is 0 Å². The number of aliphatic carboxylic acids is 1. The van der Waals surface area contributed by atoms with Gasteiger partial charge in [-0.2, -0.15) is 4.31 Å². The minimum atomic E-state index is -3.86. The number of sulfonamides is 1. The second kappa shape index (κ2) is 4.10. The molecule has 0 bridgehead atoms. The summed E-state index contributed by atoms with van der Waals surface area (Å²) in [6.07, 6.45) is 0.298. The zero-order chi connectivity index (χ0) is 14.5. The highest BCUT2D eigenvalue weighted by atomic mass is 32.2. The molecular weight excluding hydrogens is 286 g/mol. The Morgan fingerprint density at radius 2 is 2.05 bits per heavy atom. The number of fused-ring (bicyclic) bond motifs is 1. The van der Waals surface area contributed by atoms with Gasteiger partial charge in [0.2, 0.25) is 16.8 Å². The van der Waals surface area contributed by atoms with Gasteiger partial charge in [-0.3, -0.25) is 4.79 Å². The lowest BCUT2D eigenvalue weighted by Gasteiger charge is -2.45. The number of rotatable bonds is 3. The number of benzene rings is 1. The van der Waals surface area contributed by atoms with Gasteiger partial charge in [0.25, 0.3) is 0 Å². The summed E-state index contributed by atoms with van der Waals surface area (Å²) in [5, 5.41) is 9.18. The molecule has 8 heteroatoms. The lowest BCUT2D eigenvalue weighted by Crippen LogP contribution is -2.64. The molecule has 1 atom stereocenters. The molecule has 3 rings (SSSR count). The molecule has 1 saturated heterocycles. The molecule has 0 amide bonds. The van der Waals surface area contributed by atoms with E-state index in [9.17, 15) is 18.3 Å². The van der Waals surface area contributed by atoms with Crippen molar-refractivity contribution in [3.8, 4) is 11.5 Å². The van der Waals surface area contributed by atoms with Gasteiger partial charge in [0.1, 0.15) is 5.54 Å². The summed E-state index contributed by atoms with van der Waals surface area (Å²) in [6.45, 7) is 1.65. The van der Waals surface area contributed by atoms with Crippen molar-refractivity contribution >= 4 is 16.0 Å². The Morgan fingerprint density at radius 3 is 2.65 bits per heavy atom. The van der Waals surface area contributed by atoms with Crippen molar-refractivity contribution in [2.75, 3.05) is 13.3 Å². The van der Waals surface area contributed by atoms with Gasteiger partial charge in [-0.05, 0) is 25.5 Å². The van der Waals surface area contributed by atoms with Crippen LogP contribution < -0.4 is 9.47 Å². The maximum absolute atomic E-state index is 12.5. The van der Waals surface area contributed by atoms with E-state index in [0.29, 0.717) is 17.9 Å². The largest absolute Gasteiger partial charge is 0.480 e. The van der Waals surface area contributed by atoms with Crippen molar-refractivity contribution in [2.45, 2.75) is 23.8 Å². The molecule has 1 fully saturated rings. The SMILES string of the molecule is CC1(C(=O)O)CCN1S(=O)(=O)c1ccc2c(c1)OCO2. The standard InChI is InChI=1S/C12H13NO6S/c1-12(11(14)15)4-5-13(12)20(16,17)8-2-3-9-10(6-8)19-7-18-9/h2-3,6H,4-5,7H2,1H3,(H,14,15). The van der Waals surface area contributed by atoms with Gasteiger partial charge in [0, 0.05) is 12.6 Å². The molecule has 20 heavy (non-hydrogen) atoms. The highest BCUT2D eigenvalue weighted by Gasteiger charge is 2.53. The number of carbonyl (C=O) groups is 1. The smallest absolute Gasteiger partial charge is 0.324 e. The molecule has 0 radical (unpaired) electrons. The zero-order valence-corrected chi connectivity index (χ0v) is 11.5. The monoisotopic (exact) mass is 299 g/mol. The quantitative estimate of drug-likeness (QED) is 0.881. The van der Waals surface area contributed by atoms with Gasteiger partial charge in [-0.15, -0.1) is 0 Å². The fourth-order valence-corrected chi connectivity index (χ4v) is 4.08. The number of carboxylic acids is 1. The van der Waals surface area contributed by atoms with Crippen LogP contribution >= 0.6 is 0 Å². The minimum Gasteiger partial charge on any atom is -0.480 e. The molecule has 0 spiro atoms. The van der Waals surface area contributed by atoms with Crippen molar-refractivity contribution in [1.82, 2.24) is 4.31 Å². The minimum absolute atomic E-state index is 0.00826. The summed E-state index contributed by atoms with van der Waals surface area (Å²) in [4.78, 5) is 11.2. The van der Waals surface area contributed by atoms with E-state index in [1.807, 2.05) is 0 Å². The van der Waals surface area contributed by atoms with Crippen molar-refractivity contribution in [2.24, 2.45) is 0 Å². The van der Waals surface area contributed by atoms with Crippen LogP contribution in [0.25, 0.3) is 0 Å². The maximum atomic E-state index is 12.5. The normalized spacial score (nSPS) is 25.2. The molecule has 2 aliphatic heterocycles. The summed E-state index contributed by atoms with van der Waals surface area (Å²) in [5.74, 6) is -0.315. The summed E-state index contributed by atoms with van der Waals surface area (Å²) in [6, 6.07) is 4.26. The fraction of sp³-hybridized carbons (Fsp3) is 0.417. The van der Waals surface area contributed by atoms with Crippen LogP contribution in [0.15, 0.2) is 23.1 Å². The highest BCUT2D eigenvalue weighted by Crippen LogP contribution is 2.39. The van der Waals surface area contributed by atoms with E-state index in [4.69, 9.17) is 9.47 Å². The van der Waals surface area contributed by atoms with E-state index in [1.165, 1.54) is 25.1 Å². The Labute approximate surface area is 115 Å². The Balaban J connectivity index is 1.99. The number of ether oxygens (including phenoxy) is 2. The van der Waals surface area contributed by atoms with Crippen molar-refractivity contribution in [3.63, 3.8) is 0 Å². The first-order valence-corrected chi connectivity index (χ1v) is 7.45. The van der Waals surface area contributed by atoms with Crippen LogP contribution in [-0.4, -0.2) is 42.7 Å². The summed E-state index contributed by atoms with van der Waals surface area (Å²) < 4.78 is 36.3. The van der Waals surface area contributed by atoms with Crippen LogP contribution in [0.1, 0.15) is 13.3 Å². The van der Waals surface area contributed by atoms with Crippen molar-refractivity contribution in [3.05, 3.63) is 18.2 Å². The molecule has 1 aromatic rings. The predicted octanol–water partition coefficient (Wildman–Crippen LogP) is 0.653. The predicted molar refractivity (Wildman–Crippen MR) is 67.1 cm³/mol. The molecule has 2 aliphatic rings.